The molecule has 2 heteroatoms. The maximum atomic E-state index is 9.13. The zero-order valence-corrected chi connectivity index (χ0v) is 4.75. The van der Waals surface area contributed by atoms with Crippen LogP contribution in [0.3, 0.4) is 0 Å². The van der Waals surface area contributed by atoms with Crippen molar-refractivity contribution < 1.29 is 5.11 Å². The second-order valence-electron chi connectivity index (χ2n) is 2.96. The molecule has 46 valence electrons. The van der Waals surface area contributed by atoms with E-state index in [1.165, 1.54) is 0 Å². The van der Waals surface area contributed by atoms with Crippen molar-refractivity contribution in [3.63, 3.8) is 0 Å². The molecule has 2 fully saturated rings. The fraction of sp³-hybridized carbons (Fsp3) is 1.00. The van der Waals surface area contributed by atoms with E-state index >= 15 is 0 Å². The Morgan fingerprint density at radius 3 is 2.38 bits per heavy atom. The highest BCUT2D eigenvalue weighted by Crippen LogP contribution is 2.50. The highest BCUT2D eigenvalue weighted by atomic mass is 16.3. The van der Waals surface area contributed by atoms with Crippen molar-refractivity contribution in [2.75, 3.05) is 0 Å². The molecule has 4 unspecified atom stereocenters. The van der Waals surface area contributed by atoms with Gasteiger partial charge in [-0.2, -0.15) is 0 Å². The first kappa shape index (κ1) is 4.77. The van der Waals surface area contributed by atoms with Gasteiger partial charge in [-0.3, -0.25) is 0 Å². The molecule has 0 aliphatic heterocycles. The van der Waals surface area contributed by atoms with Crippen molar-refractivity contribution in [3.05, 3.63) is 0 Å². The lowest BCUT2D eigenvalue weighted by atomic mass is 10.2. The normalized spacial score (nSPS) is 60.8. The van der Waals surface area contributed by atoms with Crippen molar-refractivity contribution in [3.8, 4) is 0 Å². The van der Waals surface area contributed by atoms with Gasteiger partial charge in [0.2, 0.25) is 0 Å². The third-order valence-corrected chi connectivity index (χ3v) is 2.53. The van der Waals surface area contributed by atoms with E-state index in [2.05, 4.69) is 0 Å². The second-order valence-corrected chi connectivity index (χ2v) is 2.96. The highest BCUT2D eigenvalue weighted by Gasteiger charge is 2.55. The van der Waals surface area contributed by atoms with Gasteiger partial charge in [0.15, 0.2) is 0 Å². The maximum Gasteiger partial charge on any atom is 0.0586 e. The average molecular weight is 113 g/mol. The molecule has 0 bridgehead atoms. The van der Waals surface area contributed by atoms with Crippen LogP contribution in [0.4, 0.5) is 0 Å². The summed E-state index contributed by atoms with van der Waals surface area (Å²) in [7, 11) is 0. The maximum absolute atomic E-state index is 9.13. The van der Waals surface area contributed by atoms with Crippen LogP contribution in [0.25, 0.3) is 0 Å². The van der Waals surface area contributed by atoms with E-state index in [1.807, 2.05) is 0 Å². The lowest BCUT2D eigenvalue weighted by Crippen LogP contribution is -2.15. The summed E-state index contributed by atoms with van der Waals surface area (Å²) in [5.41, 5.74) is 5.60. The predicted octanol–water partition coefficient (Wildman–Crippen LogP) is -0.286. The first-order chi connectivity index (χ1) is 3.80. The second kappa shape index (κ2) is 1.25. The molecule has 3 N–H and O–H groups in total. The molecule has 0 heterocycles. The number of aliphatic hydroxyl groups is 1. The number of fused-ring (bicyclic) bond motifs is 1. The van der Waals surface area contributed by atoms with Crippen LogP contribution < -0.4 is 5.73 Å². The van der Waals surface area contributed by atoms with Gasteiger partial charge in [0.05, 0.1) is 6.10 Å². The van der Waals surface area contributed by atoms with Gasteiger partial charge in [-0.1, -0.05) is 0 Å². The van der Waals surface area contributed by atoms with Crippen LogP contribution in [0.5, 0.6) is 0 Å². The first-order valence-electron chi connectivity index (χ1n) is 3.24. The average Bonchev–Trinajstić information content (AvgIpc) is 2.13. The number of hydrogen-bond donors (Lipinski definition) is 2. The quantitative estimate of drug-likeness (QED) is 0.453. The summed E-state index contributed by atoms with van der Waals surface area (Å²) in [5, 5.41) is 9.13. The zero-order valence-electron chi connectivity index (χ0n) is 4.75. The summed E-state index contributed by atoms with van der Waals surface area (Å²) in [6.07, 6.45) is 2.09. The molecular weight excluding hydrogens is 102 g/mol. The molecule has 4 atom stereocenters. The number of rotatable bonds is 0. The standard InChI is InChI=1S/C6H11NO/c7-6-3-1-2-4(8)5(3)6/h3-6,8H,1-2,7H2. The summed E-state index contributed by atoms with van der Waals surface area (Å²) in [5.74, 6) is 1.17. The van der Waals surface area contributed by atoms with Gasteiger partial charge in [-0.05, 0) is 18.8 Å². The van der Waals surface area contributed by atoms with Crippen LogP contribution >= 0.6 is 0 Å². The Bertz CT molecular complexity index is 113. The molecule has 0 saturated heterocycles. The smallest absolute Gasteiger partial charge is 0.0586 e. The summed E-state index contributed by atoms with van der Waals surface area (Å²) in [6.45, 7) is 0. The van der Waals surface area contributed by atoms with Crippen molar-refractivity contribution in [1.29, 1.82) is 0 Å². The van der Waals surface area contributed by atoms with Gasteiger partial charge in [0.1, 0.15) is 0 Å². The van der Waals surface area contributed by atoms with Crippen LogP contribution in [0.2, 0.25) is 0 Å². The molecule has 2 aliphatic carbocycles. The van der Waals surface area contributed by atoms with Gasteiger partial charge < -0.3 is 10.8 Å². The molecule has 0 aromatic rings. The third kappa shape index (κ3) is 0.400. The van der Waals surface area contributed by atoms with Crippen LogP contribution in [-0.2, 0) is 0 Å². The van der Waals surface area contributed by atoms with Crippen LogP contribution in [0, 0.1) is 11.8 Å². The van der Waals surface area contributed by atoms with Gasteiger partial charge in [-0.15, -0.1) is 0 Å². The Kier molecular flexibility index (Phi) is 0.746. The van der Waals surface area contributed by atoms with Crippen LogP contribution in [-0.4, -0.2) is 17.3 Å². The van der Waals surface area contributed by atoms with Gasteiger partial charge >= 0.3 is 0 Å². The van der Waals surface area contributed by atoms with E-state index in [0.29, 0.717) is 17.9 Å². The minimum Gasteiger partial charge on any atom is -0.393 e. The van der Waals surface area contributed by atoms with Crippen molar-refractivity contribution in [2.45, 2.75) is 25.0 Å². The zero-order chi connectivity index (χ0) is 5.72. The van der Waals surface area contributed by atoms with Crippen molar-refractivity contribution in [1.82, 2.24) is 0 Å². The van der Waals surface area contributed by atoms with Crippen LogP contribution in [0.1, 0.15) is 12.8 Å². The first-order valence-corrected chi connectivity index (χ1v) is 3.24. The van der Waals surface area contributed by atoms with E-state index in [9.17, 15) is 0 Å². The Labute approximate surface area is 48.7 Å². The third-order valence-electron chi connectivity index (χ3n) is 2.53. The molecule has 8 heavy (non-hydrogen) atoms. The van der Waals surface area contributed by atoms with E-state index in [-0.39, 0.29) is 6.10 Å². The molecule has 0 radical (unpaired) electrons. The molecule has 2 nitrogen and oxygen atoms in total. The van der Waals surface area contributed by atoms with Gasteiger partial charge in [-0.25, -0.2) is 0 Å². The monoisotopic (exact) mass is 113 g/mol. The number of hydrogen-bond acceptors (Lipinski definition) is 2. The van der Waals surface area contributed by atoms with E-state index in [0.717, 1.165) is 12.8 Å². The molecule has 0 amide bonds. The molecule has 0 spiro atoms. The summed E-state index contributed by atoms with van der Waals surface area (Å²) in [4.78, 5) is 0. The fourth-order valence-electron chi connectivity index (χ4n) is 1.91. The minimum atomic E-state index is -0.0602. The summed E-state index contributed by atoms with van der Waals surface area (Å²) in [6, 6.07) is 0.346. The number of aliphatic hydroxyl groups excluding tert-OH is 1. The predicted molar refractivity (Wildman–Crippen MR) is 30.2 cm³/mol. The van der Waals surface area contributed by atoms with E-state index < -0.39 is 0 Å². The molecule has 2 rings (SSSR count). The SMILES string of the molecule is NC1C2CCC(O)C12. The molecule has 2 saturated carbocycles. The summed E-state index contributed by atoms with van der Waals surface area (Å²) < 4.78 is 0. The number of nitrogens with two attached hydrogens (primary N) is 1. The Hall–Kier alpha value is -0.0800. The minimum absolute atomic E-state index is 0.0602. The van der Waals surface area contributed by atoms with Gasteiger partial charge in [0, 0.05) is 12.0 Å². The lowest BCUT2D eigenvalue weighted by Gasteiger charge is -2.01. The molecular formula is C6H11NO. The molecule has 2 aliphatic rings. The fourth-order valence-corrected chi connectivity index (χ4v) is 1.91. The Morgan fingerprint density at radius 1 is 1.38 bits per heavy atom. The Morgan fingerprint density at radius 2 is 2.12 bits per heavy atom. The van der Waals surface area contributed by atoms with E-state index in [1.54, 1.807) is 0 Å². The summed E-state index contributed by atoms with van der Waals surface area (Å²) >= 11 is 0. The van der Waals surface area contributed by atoms with Gasteiger partial charge in [0.25, 0.3) is 0 Å². The van der Waals surface area contributed by atoms with Crippen molar-refractivity contribution in [2.24, 2.45) is 17.6 Å². The molecule has 0 aromatic carbocycles. The van der Waals surface area contributed by atoms with Crippen molar-refractivity contribution >= 4 is 0 Å². The van der Waals surface area contributed by atoms with E-state index in [4.69, 9.17) is 10.8 Å². The van der Waals surface area contributed by atoms with Crippen LogP contribution in [0.15, 0.2) is 0 Å². The molecule has 0 aromatic heterocycles. The Balaban J connectivity index is 2.07. The lowest BCUT2D eigenvalue weighted by molar-refractivity contribution is 0.156. The topological polar surface area (TPSA) is 46.2 Å². The largest absolute Gasteiger partial charge is 0.393 e. The highest BCUT2D eigenvalue weighted by molar-refractivity contribution is 5.08.